The lowest BCUT2D eigenvalue weighted by atomic mass is 10.2. The van der Waals surface area contributed by atoms with Gasteiger partial charge in [-0.1, -0.05) is 22.6 Å². The van der Waals surface area contributed by atoms with Gasteiger partial charge in [0, 0.05) is 11.0 Å². The Balaban J connectivity index is 2.04. The second kappa shape index (κ2) is 5.97. The lowest BCUT2D eigenvalue weighted by Gasteiger charge is -1.99. The van der Waals surface area contributed by atoms with E-state index >= 15 is 0 Å². The van der Waals surface area contributed by atoms with Crippen LogP contribution in [0.5, 0.6) is 0 Å². The highest BCUT2D eigenvalue weighted by atomic mass is 127. The Kier molecular flexibility index (Phi) is 5.14. The van der Waals surface area contributed by atoms with E-state index < -0.39 is 0 Å². The molecule has 11 heavy (non-hydrogen) atoms. The first kappa shape index (κ1) is 9.48. The first-order chi connectivity index (χ1) is 5.43. The van der Waals surface area contributed by atoms with Crippen LogP contribution in [0.2, 0.25) is 0 Å². The smallest absolute Gasteiger partial charge is 0.0121 e. The molecule has 1 N–H and O–H groups in total. The summed E-state index contributed by atoms with van der Waals surface area (Å²) in [5, 5.41) is 7.72. The molecule has 1 heterocycles. The van der Waals surface area contributed by atoms with Crippen molar-refractivity contribution in [3.63, 3.8) is 0 Å². The first-order valence-electron chi connectivity index (χ1n) is 3.71. The van der Waals surface area contributed by atoms with Gasteiger partial charge < -0.3 is 5.32 Å². The second-order valence-corrected chi connectivity index (χ2v) is 4.18. The number of rotatable bonds is 5. The van der Waals surface area contributed by atoms with Gasteiger partial charge in [-0.05, 0) is 35.4 Å². The van der Waals surface area contributed by atoms with E-state index in [1.54, 1.807) is 11.3 Å². The molecule has 0 aliphatic carbocycles. The summed E-state index contributed by atoms with van der Waals surface area (Å²) in [5.74, 6) is 0. The third kappa shape index (κ3) is 4.08. The van der Waals surface area contributed by atoms with Gasteiger partial charge in [0.1, 0.15) is 0 Å². The van der Waals surface area contributed by atoms with Gasteiger partial charge in [0.2, 0.25) is 0 Å². The molecule has 1 aromatic rings. The SMILES string of the molecule is ICCNCCc1ccsc1. The topological polar surface area (TPSA) is 12.0 Å². The number of halogens is 1. The zero-order valence-electron chi connectivity index (χ0n) is 6.35. The molecule has 0 aromatic carbocycles. The largest absolute Gasteiger partial charge is 0.316 e. The fraction of sp³-hybridized carbons (Fsp3) is 0.500. The van der Waals surface area contributed by atoms with Gasteiger partial charge in [0.05, 0.1) is 0 Å². The summed E-state index contributed by atoms with van der Waals surface area (Å²) in [4.78, 5) is 0. The summed E-state index contributed by atoms with van der Waals surface area (Å²) >= 11 is 4.15. The van der Waals surface area contributed by atoms with E-state index in [1.165, 1.54) is 16.4 Å². The van der Waals surface area contributed by atoms with Crippen LogP contribution in [0.3, 0.4) is 0 Å². The maximum atomic E-state index is 3.37. The van der Waals surface area contributed by atoms with Crippen LogP contribution in [0, 0.1) is 0 Å². The van der Waals surface area contributed by atoms with Crippen LogP contribution in [0.1, 0.15) is 5.56 Å². The van der Waals surface area contributed by atoms with Crippen molar-refractivity contribution in [1.29, 1.82) is 0 Å². The Morgan fingerprint density at radius 2 is 2.36 bits per heavy atom. The van der Waals surface area contributed by atoms with E-state index in [4.69, 9.17) is 0 Å². The zero-order chi connectivity index (χ0) is 7.94. The van der Waals surface area contributed by atoms with Crippen LogP contribution in [0.25, 0.3) is 0 Å². The maximum Gasteiger partial charge on any atom is 0.0121 e. The minimum Gasteiger partial charge on any atom is -0.316 e. The van der Waals surface area contributed by atoms with Crippen molar-refractivity contribution in [3.8, 4) is 0 Å². The number of hydrogen-bond donors (Lipinski definition) is 1. The highest BCUT2D eigenvalue weighted by Gasteiger charge is 1.91. The molecule has 0 saturated carbocycles. The third-order valence-electron chi connectivity index (χ3n) is 1.44. The highest BCUT2D eigenvalue weighted by molar-refractivity contribution is 14.1. The zero-order valence-corrected chi connectivity index (χ0v) is 9.32. The Morgan fingerprint density at radius 1 is 1.45 bits per heavy atom. The van der Waals surface area contributed by atoms with Gasteiger partial charge in [-0.3, -0.25) is 0 Å². The molecule has 1 rings (SSSR count). The van der Waals surface area contributed by atoms with Crippen molar-refractivity contribution >= 4 is 33.9 Å². The van der Waals surface area contributed by atoms with Crippen LogP contribution in [0.15, 0.2) is 16.8 Å². The van der Waals surface area contributed by atoms with Gasteiger partial charge in [-0.25, -0.2) is 0 Å². The summed E-state index contributed by atoms with van der Waals surface area (Å²) in [6.45, 7) is 2.24. The molecule has 0 unspecified atom stereocenters. The predicted octanol–water partition coefficient (Wildman–Crippen LogP) is 2.32. The van der Waals surface area contributed by atoms with E-state index in [9.17, 15) is 0 Å². The molecule has 0 fully saturated rings. The van der Waals surface area contributed by atoms with E-state index in [-0.39, 0.29) is 0 Å². The average Bonchev–Trinajstić information content (AvgIpc) is 2.50. The normalized spacial score (nSPS) is 10.3. The minimum atomic E-state index is 1.11. The number of nitrogens with one attached hydrogen (secondary N) is 1. The molecule has 0 aliphatic rings. The van der Waals surface area contributed by atoms with Crippen LogP contribution < -0.4 is 5.32 Å². The predicted molar refractivity (Wildman–Crippen MR) is 59.8 cm³/mol. The lowest BCUT2D eigenvalue weighted by molar-refractivity contribution is 0.726. The van der Waals surface area contributed by atoms with Crippen molar-refractivity contribution in [2.45, 2.75) is 6.42 Å². The molecule has 3 heteroatoms. The van der Waals surface area contributed by atoms with E-state index in [0.29, 0.717) is 0 Å². The molecule has 0 saturated heterocycles. The molecule has 0 bridgehead atoms. The van der Waals surface area contributed by atoms with Crippen molar-refractivity contribution in [3.05, 3.63) is 22.4 Å². The van der Waals surface area contributed by atoms with E-state index in [2.05, 4.69) is 44.7 Å². The number of alkyl halides is 1. The quantitative estimate of drug-likeness (QED) is 0.496. The van der Waals surface area contributed by atoms with Crippen molar-refractivity contribution in [2.24, 2.45) is 0 Å². The lowest BCUT2D eigenvalue weighted by Crippen LogP contribution is -2.18. The Hall–Kier alpha value is 0.390. The Labute approximate surface area is 85.3 Å². The van der Waals surface area contributed by atoms with Crippen LogP contribution >= 0.6 is 33.9 Å². The summed E-state index contributed by atoms with van der Waals surface area (Å²) in [6, 6.07) is 2.19. The van der Waals surface area contributed by atoms with Crippen molar-refractivity contribution < 1.29 is 0 Å². The van der Waals surface area contributed by atoms with E-state index in [0.717, 1.165) is 13.1 Å². The fourth-order valence-electron chi connectivity index (χ4n) is 0.859. The Morgan fingerprint density at radius 3 is 3.00 bits per heavy atom. The standard InChI is InChI=1S/C8H12INS/c9-3-5-10-4-1-8-2-6-11-7-8/h2,6-7,10H,1,3-5H2. The van der Waals surface area contributed by atoms with Crippen molar-refractivity contribution in [1.82, 2.24) is 5.32 Å². The number of thiophene rings is 1. The molecule has 0 aliphatic heterocycles. The number of hydrogen-bond acceptors (Lipinski definition) is 2. The van der Waals surface area contributed by atoms with E-state index in [1.807, 2.05) is 0 Å². The van der Waals surface area contributed by atoms with Gasteiger partial charge in [-0.2, -0.15) is 11.3 Å². The summed E-state index contributed by atoms with van der Waals surface area (Å²) in [7, 11) is 0. The fourth-order valence-corrected chi connectivity index (χ4v) is 1.94. The molecule has 0 amide bonds. The van der Waals surface area contributed by atoms with Crippen LogP contribution in [0.4, 0.5) is 0 Å². The van der Waals surface area contributed by atoms with Gasteiger partial charge in [0.25, 0.3) is 0 Å². The molecule has 1 aromatic heterocycles. The molecule has 0 radical (unpaired) electrons. The highest BCUT2D eigenvalue weighted by Crippen LogP contribution is 2.05. The maximum absolute atomic E-state index is 3.37. The minimum absolute atomic E-state index is 1.11. The van der Waals surface area contributed by atoms with Gasteiger partial charge in [-0.15, -0.1) is 0 Å². The molecular formula is C8H12INS. The van der Waals surface area contributed by atoms with Crippen LogP contribution in [-0.4, -0.2) is 17.5 Å². The summed E-state index contributed by atoms with van der Waals surface area (Å²) in [5.41, 5.74) is 1.45. The first-order valence-corrected chi connectivity index (χ1v) is 6.18. The van der Waals surface area contributed by atoms with Crippen LogP contribution in [-0.2, 0) is 6.42 Å². The monoisotopic (exact) mass is 281 g/mol. The molecule has 0 atom stereocenters. The Bertz CT molecular complexity index is 174. The summed E-state index contributed by atoms with van der Waals surface area (Å²) in [6.07, 6.45) is 1.17. The molecule has 62 valence electrons. The van der Waals surface area contributed by atoms with Gasteiger partial charge >= 0.3 is 0 Å². The van der Waals surface area contributed by atoms with Crippen molar-refractivity contribution in [2.75, 3.05) is 17.5 Å². The second-order valence-electron chi connectivity index (χ2n) is 2.32. The molecular weight excluding hydrogens is 269 g/mol. The van der Waals surface area contributed by atoms with Gasteiger partial charge in [0.15, 0.2) is 0 Å². The summed E-state index contributed by atoms with van der Waals surface area (Å²) < 4.78 is 1.20. The average molecular weight is 281 g/mol. The molecule has 0 spiro atoms. The molecule has 1 nitrogen and oxygen atoms in total. The third-order valence-corrected chi connectivity index (χ3v) is 2.71.